The van der Waals surface area contributed by atoms with Crippen molar-refractivity contribution in [3.8, 4) is 5.75 Å². The van der Waals surface area contributed by atoms with Crippen LogP contribution in [0.5, 0.6) is 5.75 Å². The summed E-state index contributed by atoms with van der Waals surface area (Å²) in [7, 11) is 0. The molecule has 2 amide bonds. The number of carbonyl (C=O) groups excluding carboxylic acids is 1. The summed E-state index contributed by atoms with van der Waals surface area (Å²) in [5.74, 6) is 0.780. The highest BCUT2D eigenvalue weighted by atomic mass is 35.5. The van der Waals surface area contributed by atoms with Crippen molar-refractivity contribution in [2.75, 3.05) is 13.2 Å². The van der Waals surface area contributed by atoms with Crippen LogP contribution in [0.15, 0.2) is 30.3 Å². The zero-order chi connectivity index (χ0) is 16.9. The van der Waals surface area contributed by atoms with E-state index in [0.29, 0.717) is 24.4 Å². The fourth-order valence-corrected chi connectivity index (χ4v) is 4.03. The number of fused-ring (bicyclic) bond motifs is 6. The van der Waals surface area contributed by atoms with Gasteiger partial charge in [0.1, 0.15) is 5.75 Å². The molecule has 2 heterocycles. The Morgan fingerprint density at radius 3 is 2.92 bits per heavy atom. The van der Waals surface area contributed by atoms with E-state index >= 15 is 0 Å². The Bertz CT molecular complexity index is 825. The van der Waals surface area contributed by atoms with Gasteiger partial charge in [0.15, 0.2) is 5.72 Å². The highest BCUT2D eigenvalue weighted by Crippen LogP contribution is 2.48. The van der Waals surface area contributed by atoms with Crippen LogP contribution < -0.4 is 10.1 Å². The number of nitrogens with zero attached hydrogens (tertiary/aromatic N) is 1. The number of aliphatic hydroxyl groups is 1. The molecule has 2 aromatic carbocycles. The molecular formula is C18H19ClN2O3. The van der Waals surface area contributed by atoms with Crippen LogP contribution in [0.2, 0.25) is 5.02 Å². The summed E-state index contributed by atoms with van der Waals surface area (Å²) in [4.78, 5) is 14.2. The molecule has 2 aromatic rings. The Labute approximate surface area is 145 Å². The van der Waals surface area contributed by atoms with Gasteiger partial charge < -0.3 is 15.2 Å². The molecule has 6 heteroatoms. The fraction of sp³-hybridized carbons (Fsp3) is 0.389. The highest BCUT2D eigenvalue weighted by molar-refractivity contribution is 6.36. The first-order valence-electron chi connectivity index (χ1n) is 8.12. The van der Waals surface area contributed by atoms with Gasteiger partial charge >= 0.3 is 6.03 Å². The molecule has 2 N–H and O–H groups in total. The number of halogens is 1. The molecule has 0 radical (unpaired) electrons. The summed E-state index contributed by atoms with van der Waals surface area (Å²) >= 11 is 6.43. The lowest BCUT2D eigenvalue weighted by molar-refractivity contribution is -0.0839. The van der Waals surface area contributed by atoms with Crippen molar-refractivity contribution < 1.29 is 14.6 Å². The molecule has 2 aliphatic rings. The third kappa shape index (κ3) is 2.23. The Balaban J connectivity index is 1.85. The maximum Gasteiger partial charge on any atom is 0.320 e. The molecule has 1 saturated heterocycles. The first kappa shape index (κ1) is 15.5. The normalized spacial score (nSPS) is 25.2. The molecule has 24 heavy (non-hydrogen) atoms. The third-order valence-corrected chi connectivity index (χ3v) is 5.22. The summed E-state index contributed by atoms with van der Waals surface area (Å²) in [6.45, 7) is 2.42. The number of hydrogen-bond acceptors (Lipinski definition) is 3. The van der Waals surface area contributed by atoms with Gasteiger partial charge in [0.25, 0.3) is 0 Å². The molecule has 2 aliphatic heterocycles. The lowest BCUT2D eigenvalue weighted by Gasteiger charge is -2.51. The minimum Gasteiger partial charge on any atom is -0.467 e. The van der Waals surface area contributed by atoms with Crippen molar-refractivity contribution in [2.24, 2.45) is 0 Å². The number of amides is 2. The number of aliphatic hydroxyl groups excluding tert-OH is 1. The highest BCUT2D eigenvalue weighted by Gasteiger charge is 2.49. The summed E-state index contributed by atoms with van der Waals surface area (Å²) in [6, 6.07) is 9.46. The van der Waals surface area contributed by atoms with Crippen LogP contribution in [0.25, 0.3) is 10.8 Å². The van der Waals surface area contributed by atoms with E-state index in [0.717, 1.165) is 22.1 Å². The van der Waals surface area contributed by atoms with Crippen LogP contribution in [0.1, 0.15) is 31.4 Å². The number of benzene rings is 2. The molecule has 0 saturated carbocycles. The van der Waals surface area contributed by atoms with Gasteiger partial charge in [-0.05, 0) is 19.4 Å². The van der Waals surface area contributed by atoms with E-state index in [4.69, 9.17) is 21.4 Å². The zero-order valence-electron chi connectivity index (χ0n) is 13.4. The SMILES string of the molecule is CC12CC(NC(=O)N1CCCO)c1cc(Cl)c3ccccc3c1O2. The first-order valence-corrected chi connectivity index (χ1v) is 8.50. The van der Waals surface area contributed by atoms with Crippen molar-refractivity contribution in [1.29, 1.82) is 0 Å². The van der Waals surface area contributed by atoms with E-state index in [1.54, 1.807) is 4.90 Å². The Hall–Kier alpha value is -1.98. The molecular weight excluding hydrogens is 328 g/mol. The smallest absolute Gasteiger partial charge is 0.320 e. The van der Waals surface area contributed by atoms with E-state index in [-0.39, 0.29) is 18.7 Å². The van der Waals surface area contributed by atoms with Crippen molar-refractivity contribution in [3.05, 3.63) is 40.9 Å². The first-order chi connectivity index (χ1) is 11.5. The monoisotopic (exact) mass is 346 g/mol. The van der Waals surface area contributed by atoms with Crippen LogP contribution in [0.4, 0.5) is 4.79 Å². The maximum atomic E-state index is 12.5. The predicted molar refractivity (Wildman–Crippen MR) is 92.3 cm³/mol. The average Bonchev–Trinajstić information content (AvgIpc) is 2.56. The van der Waals surface area contributed by atoms with Crippen LogP contribution in [0.3, 0.4) is 0 Å². The van der Waals surface area contributed by atoms with Gasteiger partial charge in [-0.1, -0.05) is 35.9 Å². The summed E-state index contributed by atoms with van der Waals surface area (Å²) in [6.07, 6.45) is 1.16. The van der Waals surface area contributed by atoms with Gasteiger partial charge in [-0.2, -0.15) is 0 Å². The number of ether oxygens (including phenoxy) is 1. The van der Waals surface area contributed by atoms with Gasteiger partial charge in [0.2, 0.25) is 0 Å². The van der Waals surface area contributed by atoms with Crippen molar-refractivity contribution in [1.82, 2.24) is 10.2 Å². The largest absolute Gasteiger partial charge is 0.467 e. The molecule has 0 aromatic heterocycles. The van der Waals surface area contributed by atoms with Crippen LogP contribution >= 0.6 is 11.6 Å². The zero-order valence-corrected chi connectivity index (χ0v) is 14.1. The Morgan fingerprint density at radius 1 is 1.42 bits per heavy atom. The maximum absolute atomic E-state index is 12.5. The minimum absolute atomic E-state index is 0.0401. The second-order valence-corrected chi connectivity index (χ2v) is 6.94. The lowest BCUT2D eigenvalue weighted by atomic mass is 9.88. The number of urea groups is 1. The fourth-order valence-electron chi connectivity index (χ4n) is 3.75. The molecule has 0 spiro atoms. The molecule has 126 valence electrons. The second-order valence-electron chi connectivity index (χ2n) is 6.53. The molecule has 2 atom stereocenters. The van der Waals surface area contributed by atoms with E-state index in [9.17, 15) is 4.79 Å². The van der Waals surface area contributed by atoms with Crippen LogP contribution in [0, 0.1) is 0 Å². The van der Waals surface area contributed by atoms with Gasteiger partial charge in [-0.15, -0.1) is 0 Å². The molecule has 0 aliphatic carbocycles. The van der Waals surface area contributed by atoms with Gasteiger partial charge in [0.05, 0.1) is 6.04 Å². The molecule has 2 bridgehead atoms. The summed E-state index contributed by atoms with van der Waals surface area (Å²) < 4.78 is 6.36. The summed E-state index contributed by atoms with van der Waals surface area (Å²) in [5.41, 5.74) is 0.192. The van der Waals surface area contributed by atoms with Crippen LogP contribution in [-0.4, -0.2) is 34.9 Å². The van der Waals surface area contributed by atoms with Crippen molar-refractivity contribution >= 4 is 28.4 Å². The van der Waals surface area contributed by atoms with Gasteiger partial charge in [0, 0.05) is 40.9 Å². The van der Waals surface area contributed by atoms with Crippen molar-refractivity contribution in [3.63, 3.8) is 0 Å². The van der Waals surface area contributed by atoms with Crippen LogP contribution in [-0.2, 0) is 0 Å². The van der Waals surface area contributed by atoms with Crippen molar-refractivity contribution in [2.45, 2.75) is 31.5 Å². The third-order valence-electron chi connectivity index (χ3n) is 4.91. The average molecular weight is 347 g/mol. The quantitative estimate of drug-likeness (QED) is 0.895. The number of nitrogens with one attached hydrogen (secondary N) is 1. The lowest BCUT2D eigenvalue weighted by Crippen LogP contribution is -2.64. The number of hydrogen-bond donors (Lipinski definition) is 2. The molecule has 4 rings (SSSR count). The summed E-state index contributed by atoms with van der Waals surface area (Å²) in [5, 5.41) is 14.7. The minimum atomic E-state index is -0.730. The van der Waals surface area contributed by atoms with E-state index in [1.165, 1.54) is 0 Å². The Morgan fingerprint density at radius 2 is 2.17 bits per heavy atom. The number of rotatable bonds is 3. The number of carbonyl (C=O) groups is 1. The Kier molecular flexibility index (Phi) is 3.58. The van der Waals surface area contributed by atoms with E-state index in [2.05, 4.69) is 5.32 Å². The predicted octanol–water partition coefficient (Wildman–Crippen LogP) is 3.44. The van der Waals surface area contributed by atoms with E-state index in [1.807, 2.05) is 37.3 Å². The molecule has 5 nitrogen and oxygen atoms in total. The molecule has 1 fully saturated rings. The molecule has 2 unspecified atom stereocenters. The van der Waals surface area contributed by atoms with E-state index < -0.39 is 5.72 Å². The van der Waals surface area contributed by atoms with Gasteiger partial charge in [-0.3, -0.25) is 4.90 Å². The standard InChI is InChI=1S/C18H19ClN2O3/c1-18-10-15(20-17(23)21(18)7-4-8-22)13-9-14(19)11-5-2-3-6-12(11)16(13)24-18/h2-3,5-6,9,15,22H,4,7-8,10H2,1H3,(H,20,23). The topological polar surface area (TPSA) is 61.8 Å². The van der Waals surface area contributed by atoms with Gasteiger partial charge in [-0.25, -0.2) is 4.79 Å². The second kappa shape index (κ2) is 5.53.